The molecule has 0 unspecified atom stereocenters. The summed E-state index contributed by atoms with van der Waals surface area (Å²) in [5.74, 6) is -1.55. The summed E-state index contributed by atoms with van der Waals surface area (Å²) in [6.07, 6.45) is 0.0637. The molecular formula is C16H14NO4. The second-order valence-electron chi connectivity index (χ2n) is 4.45. The normalized spacial score (nSPS) is 10.3. The Kier molecular flexibility index (Phi) is 4.56. The molecular weight excluding hydrogens is 270 g/mol. The third-order valence-corrected chi connectivity index (χ3v) is 2.88. The minimum absolute atomic E-state index is 0.0637. The highest BCUT2D eigenvalue weighted by Crippen LogP contribution is 2.14. The van der Waals surface area contributed by atoms with Gasteiger partial charge in [0.15, 0.2) is 6.04 Å². The number of hydrogen-bond donors (Lipinski definition) is 3. The highest BCUT2D eigenvalue weighted by Gasteiger charge is 2.22. The van der Waals surface area contributed by atoms with E-state index in [1.807, 2.05) is 0 Å². The molecule has 0 atom stereocenters. The number of nitrogens with one attached hydrogen (secondary N) is 1. The van der Waals surface area contributed by atoms with Gasteiger partial charge in [-0.05, 0) is 29.8 Å². The van der Waals surface area contributed by atoms with Gasteiger partial charge in [0.2, 0.25) is 0 Å². The average Bonchev–Trinajstić information content (AvgIpc) is 2.49. The quantitative estimate of drug-likeness (QED) is 0.783. The van der Waals surface area contributed by atoms with E-state index in [0.717, 1.165) is 0 Å². The summed E-state index contributed by atoms with van der Waals surface area (Å²) < 4.78 is 0. The van der Waals surface area contributed by atoms with Gasteiger partial charge in [0.25, 0.3) is 5.91 Å². The minimum Gasteiger partial charge on any atom is -0.508 e. The molecule has 0 saturated carbocycles. The van der Waals surface area contributed by atoms with Crippen molar-refractivity contribution in [2.75, 3.05) is 0 Å². The highest BCUT2D eigenvalue weighted by molar-refractivity contribution is 5.99. The smallest absolute Gasteiger partial charge is 0.332 e. The summed E-state index contributed by atoms with van der Waals surface area (Å²) in [6, 6.07) is 14.4. The van der Waals surface area contributed by atoms with Crippen molar-refractivity contribution in [2.45, 2.75) is 6.42 Å². The number of phenolic OH excluding ortho intramolecular Hbond substituents is 1. The molecule has 0 aromatic heterocycles. The molecule has 0 spiro atoms. The number of rotatable bonds is 5. The summed E-state index contributed by atoms with van der Waals surface area (Å²) in [4.78, 5) is 23.2. The molecule has 2 aromatic rings. The van der Waals surface area contributed by atoms with Crippen LogP contribution in [0.25, 0.3) is 0 Å². The number of carbonyl (C=O) groups excluding carboxylic acids is 1. The van der Waals surface area contributed by atoms with Crippen molar-refractivity contribution in [3.05, 3.63) is 71.8 Å². The zero-order chi connectivity index (χ0) is 15.2. The zero-order valence-corrected chi connectivity index (χ0v) is 11.1. The Morgan fingerprint density at radius 2 is 1.57 bits per heavy atom. The number of benzene rings is 2. The van der Waals surface area contributed by atoms with Crippen molar-refractivity contribution in [1.29, 1.82) is 0 Å². The molecule has 0 bridgehead atoms. The Bertz CT molecular complexity index is 622. The van der Waals surface area contributed by atoms with Crippen molar-refractivity contribution in [1.82, 2.24) is 5.32 Å². The number of amides is 1. The lowest BCUT2D eigenvalue weighted by atomic mass is 10.1. The number of aliphatic carboxylic acids is 1. The van der Waals surface area contributed by atoms with Gasteiger partial charge in [0, 0.05) is 12.0 Å². The first-order valence-electron chi connectivity index (χ1n) is 6.29. The second-order valence-corrected chi connectivity index (χ2v) is 4.45. The van der Waals surface area contributed by atoms with Crippen LogP contribution in [0.2, 0.25) is 0 Å². The van der Waals surface area contributed by atoms with Crippen molar-refractivity contribution in [2.24, 2.45) is 0 Å². The molecule has 3 N–H and O–H groups in total. The maximum atomic E-state index is 12.0. The fraction of sp³-hybridized carbons (Fsp3) is 0.0625. The maximum Gasteiger partial charge on any atom is 0.332 e. The number of carbonyl (C=O) groups is 2. The lowest BCUT2D eigenvalue weighted by Crippen LogP contribution is -2.35. The molecule has 5 heteroatoms. The van der Waals surface area contributed by atoms with Gasteiger partial charge in [-0.25, -0.2) is 4.79 Å². The van der Waals surface area contributed by atoms with Crippen molar-refractivity contribution in [3.8, 4) is 5.75 Å². The Balaban J connectivity index is 2.07. The van der Waals surface area contributed by atoms with Crippen LogP contribution < -0.4 is 5.32 Å². The Morgan fingerprint density at radius 3 is 2.14 bits per heavy atom. The van der Waals surface area contributed by atoms with Gasteiger partial charge in [-0.1, -0.05) is 30.3 Å². The molecule has 1 radical (unpaired) electrons. The van der Waals surface area contributed by atoms with Crippen LogP contribution in [0, 0.1) is 6.04 Å². The fourth-order valence-corrected chi connectivity index (χ4v) is 1.79. The Labute approximate surface area is 121 Å². The van der Waals surface area contributed by atoms with E-state index in [1.165, 1.54) is 12.1 Å². The molecule has 1 amide bonds. The van der Waals surface area contributed by atoms with Crippen LogP contribution in [0.5, 0.6) is 5.75 Å². The lowest BCUT2D eigenvalue weighted by Gasteiger charge is -2.13. The maximum absolute atomic E-state index is 12.0. The molecule has 0 fully saturated rings. The van der Waals surface area contributed by atoms with Gasteiger partial charge in [-0.15, -0.1) is 0 Å². The molecule has 0 aliphatic rings. The molecule has 107 valence electrons. The first-order chi connectivity index (χ1) is 10.1. The van der Waals surface area contributed by atoms with Crippen LogP contribution >= 0.6 is 0 Å². The summed E-state index contributed by atoms with van der Waals surface area (Å²) in [5, 5.41) is 20.8. The van der Waals surface area contributed by atoms with E-state index in [-0.39, 0.29) is 18.2 Å². The van der Waals surface area contributed by atoms with Gasteiger partial charge >= 0.3 is 5.97 Å². The van der Waals surface area contributed by atoms with Crippen molar-refractivity contribution < 1.29 is 19.8 Å². The van der Waals surface area contributed by atoms with Gasteiger partial charge in [-0.2, -0.15) is 0 Å². The Hall–Kier alpha value is -2.82. The van der Waals surface area contributed by atoms with E-state index in [9.17, 15) is 19.8 Å². The SMILES string of the molecule is O=C(O)[C](Cc1ccc(O)cc1)NC(=O)c1ccccc1. The first-order valence-corrected chi connectivity index (χ1v) is 6.29. The number of phenols is 1. The number of carboxylic acid groups (broad SMARTS) is 1. The van der Waals surface area contributed by atoms with E-state index in [4.69, 9.17) is 0 Å². The van der Waals surface area contributed by atoms with Gasteiger partial charge in [0.1, 0.15) is 5.75 Å². The summed E-state index contributed by atoms with van der Waals surface area (Å²) in [6.45, 7) is 0. The lowest BCUT2D eigenvalue weighted by molar-refractivity contribution is -0.135. The molecule has 5 nitrogen and oxygen atoms in total. The standard InChI is InChI=1S/C16H14NO4/c18-13-8-6-11(7-9-13)10-14(16(20)21)17-15(19)12-4-2-1-3-5-12/h1-9,18H,10H2,(H,17,19)(H,20,21). The second kappa shape index (κ2) is 6.56. The van der Waals surface area contributed by atoms with Gasteiger partial charge < -0.3 is 15.5 Å². The average molecular weight is 284 g/mol. The largest absolute Gasteiger partial charge is 0.508 e. The van der Waals surface area contributed by atoms with Crippen LogP contribution in [-0.2, 0) is 11.2 Å². The molecule has 0 aliphatic carbocycles. The summed E-state index contributed by atoms with van der Waals surface area (Å²) >= 11 is 0. The third kappa shape index (κ3) is 4.07. The topological polar surface area (TPSA) is 86.6 Å². The van der Waals surface area contributed by atoms with E-state index >= 15 is 0 Å². The third-order valence-electron chi connectivity index (χ3n) is 2.88. The first kappa shape index (κ1) is 14.6. The van der Waals surface area contributed by atoms with E-state index in [1.54, 1.807) is 42.5 Å². The van der Waals surface area contributed by atoms with Gasteiger partial charge in [0.05, 0.1) is 0 Å². The van der Waals surface area contributed by atoms with Crippen LogP contribution in [-0.4, -0.2) is 22.1 Å². The summed E-state index contributed by atoms with van der Waals surface area (Å²) in [7, 11) is 0. The molecule has 0 heterocycles. The van der Waals surface area contributed by atoms with Crippen molar-refractivity contribution >= 4 is 11.9 Å². The fourth-order valence-electron chi connectivity index (χ4n) is 1.79. The van der Waals surface area contributed by atoms with Crippen molar-refractivity contribution in [3.63, 3.8) is 0 Å². The van der Waals surface area contributed by atoms with Crippen LogP contribution in [0.3, 0.4) is 0 Å². The molecule has 21 heavy (non-hydrogen) atoms. The predicted molar refractivity (Wildman–Crippen MR) is 76.6 cm³/mol. The molecule has 0 aliphatic heterocycles. The van der Waals surface area contributed by atoms with E-state index < -0.39 is 11.9 Å². The number of hydrogen-bond acceptors (Lipinski definition) is 3. The number of carboxylic acids is 1. The zero-order valence-electron chi connectivity index (χ0n) is 11.1. The highest BCUT2D eigenvalue weighted by atomic mass is 16.4. The monoisotopic (exact) mass is 284 g/mol. The summed E-state index contributed by atoms with van der Waals surface area (Å²) in [5.41, 5.74) is 1.07. The van der Waals surface area contributed by atoms with Crippen LogP contribution in [0.4, 0.5) is 0 Å². The molecule has 2 aromatic carbocycles. The van der Waals surface area contributed by atoms with Crippen LogP contribution in [0.15, 0.2) is 54.6 Å². The van der Waals surface area contributed by atoms with Crippen LogP contribution in [0.1, 0.15) is 15.9 Å². The number of aromatic hydroxyl groups is 1. The predicted octanol–water partition coefficient (Wildman–Crippen LogP) is 1.98. The minimum atomic E-state index is -1.19. The van der Waals surface area contributed by atoms with E-state index in [0.29, 0.717) is 11.1 Å². The Morgan fingerprint density at radius 1 is 0.952 bits per heavy atom. The van der Waals surface area contributed by atoms with Gasteiger partial charge in [-0.3, -0.25) is 4.79 Å². The van der Waals surface area contributed by atoms with E-state index in [2.05, 4.69) is 5.32 Å². The molecule has 0 saturated heterocycles. The molecule has 2 rings (SSSR count).